The fourth-order valence-electron chi connectivity index (χ4n) is 3.81. The van der Waals surface area contributed by atoms with Crippen LogP contribution in [0.1, 0.15) is 17.5 Å². The summed E-state index contributed by atoms with van der Waals surface area (Å²) in [6.07, 6.45) is -0.227. The summed E-state index contributed by atoms with van der Waals surface area (Å²) in [5.41, 5.74) is 2.17. The third-order valence-corrected chi connectivity index (χ3v) is 7.48. The number of carbonyl (C=O) groups excluding carboxylic acids is 2. The van der Waals surface area contributed by atoms with E-state index in [2.05, 4.69) is 0 Å². The number of carbonyl (C=O) groups is 2. The standard InChI is InChI=1S/C25H24N2O5S/c1-18-8-10-19(11-9-18)17-26(33(30,31)22-14-12-21(32-2)13-15-22)23-16-24(28)27(25(23)29)20-6-4-3-5-7-20/h3-15,23H,16-17H2,1-2H3. The van der Waals surface area contributed by atoms with Gasteiger partial charge in [0.1, 0.15) is 11.8 Å². The lowest BCUT2D eigenvalue weighted by Gasteiger charge is -2.27. The second-order valence-electron chi connectivity index (χ2n) is 7.83. The van der Waals surface area contributed by atoms with Crippen molar-refractivity contribution < 1.29 is 22.7 Å². The van der Waals surface area contributed by atoms with Crippen molar-refractivity contribution in [3.63, 3.8) is 0 Å². The zero-order valence-corrected chi connectivity index (χ0v) is 19.2. The Morgan fingerprint density at radius 2 is 1.58 bits per heavy atom. The van der Waals surface area contributed by atoms with Gasteiger partial charge in [-0.3, -0.25) is 9.59 Å². The van der Waals surface area contributed by atoms with Crippen LogP contribution in [0.15, 0.2) is 83.8 Å². The Balaban J connectivity index is 1.74. The Morgan fingerprint density at radius 1 is 0.939 bits per heavy atom. The summed E-state index contributed by atoms with van der Waals surface area (Å²) in [6, 6.07) is 20.8. The average molecular weight is 465 g/mol. The second-order valence-corrected chi connectivity index (χ2v) is 9.72. The molecule has 0 N–H and O–H groups in total. The largest absolute Gasteiger partial charge is 0.497 e. The minimum Gasteiger partial charge on any atom is -0.497 e. The van der Waals surface area contributed by atoms with Crippen molar-refractivity contribution in [2.24, 2.45) is 0 Å². The molecule has 33 heavy (non-hydrogen) atoms. The fraction of sp³-hybridized carbons (Fsp3) is 0.200. The lowest BCUT2D eigenvalue weighted by atomic mass is 10.1. The first kappa shape index (κ1) is 22.7. The van der Waals surface area contributed by atoms with Gasteiger partial charge in [-0.2, -0.15) is 4.31 Å². The van der Waals surface area contributed by atoms with Gasteiger partial charge in [0.25, 0.3) is 5.91 Å². The van der Waals surface area contributed by atoms with Gasteiger partial charge in [0.2, 0.25) is 15.9 Å². The number of benzene rings is 3. The minimum absolute atomic E-state index is 0.0221. The first-order valence-corrected chi connectivity index (χ1v) is 11.9. The molecule has 2 amide bonds. The van der Waals surface area contributed by atoms with Crippen molar-refractivity contribution in [3.8, 4) is 5.75 Å². The Labute approximate surface area is 193 Å². The second kappa shape index (κ2) is 9.17. The Hall–Kier alpha value is -3.49. The van der Waals surface area contributed by atoms with Crippen molar-refractivity contribution in [2.75, 3.05) is 12.0 Å². The number of hydrogen-bond donors (Lipinski definition) is 0. The highest BCUT2D eigenvalue weighted by molar-refractivity contribution is 7.89. The van der Waals surface area contributed by atoms with Crippen LogP contribution in [-0.2, 0) is 26.2 Å². The molecule has 1 heterocycles. The lowest BCUT2D eigenvalue weighted by Crippen LogP contribution is -2.45. The zero-order valence-electron chi connectivity index (χ0n) is 18.3. The molecule has 0 spiro atoms. The van der Waals surface area contributed by atoms with Gasteiger partial charge in [0.05, 0.1) is 24.1 Å². The highest BCUT2D eigenvalue weighted by Gasteiger charge is 2.46. The Kier molecular flexibility index (Phi) is 6.31. The fourth-order valence-corrected chi connectivity index (χ4v) is 5.38. The summed E-state index contributed by atoms with van der Waals surface area (Å²) in [5.74, 6) is -0.480. The first-order chi connectivity index (χ1) is 15.8. The van der Waals surface area contributed by atoms with E-state index >= 15 is 0 Å². The lowest BCUT2D eigenvalue weighted by molar-refractivity contribution is -0.122. The molecular formula is C25H24N2O5S. The summed E-state index contributed by atoms with van der Waals surface area (Å²) in [6.45, 7) is 1.90. The topological polar surface area (TPSA) is 84.0 Å². The van der Waals surface area contributed by atoms with Gasteiger partial charge < -0.3 is 4.74 Å². The number of sulfonamides is 1. The van der Waals surface area contributed by atoms with Crippen molar-refractivity contribution in [1.29, 1.82) is 0 Å². The number of anilines is 1. The van der Waals surface area contributed by atoms with Crippen LogP contribution in [0.2, 0.25) is 0 Å². The van der Waals surface area contributed by atoms with E-state index in [0.717, 1.165) is 20.3 Å². The predicted molar refractivity (Wildman–Crippen MR) is 124 cm³/mol. The number of para-hydroxylation sites is 1. The van der Waals surface area contributed by atoms with Gasteiger partial charge in [-0.25, -0.2) is 13.3 Å². The molecule has 170 valence electrons. The molecule has 1 aliphatic heterocycles. The third-order valence-electron chi connectivity index (χ3n) is 5.61. The quantitative estimate of drug-likeness (QED) is 0.500. The van der Waals surface area contributed by atoms with E-state index in [0.29, 0.717) is 11.4 Å². The van der Waals surface area contributed by atoms with Gasteiger partial charge >= 0.3 is 0 Å². The summed E-state index contributed by atoms with van der Waals surface area (Å²) >= 11 is 0. The molecule has 0 aromatic heterocycles. The summed E-state index contributed by atoms with van der Waals surface area (Å²) in [7, 11) is -2.61. The molecule has 1 atom stereocenters. The summed E-state index contributed by atoms with van der Waals surface area (Å²) in [4.78, 5) is 27.3. The van der Waals surface area contributed by atoms with Gasteiger partial charge in [0, 0.05) is 6.54 Å². The Bertz CT molecular complexity index is 1260. The van der Waals surface area contributed by atoms with Crippen LogP contribution in [0.4, 0.5) is 5.69 Å². The molecule has 1 fully saturated rings. The number of ether oxygens (including phenoxy) is 1. The van der Waals surface area contributed by atoms with Gasteiger partial charge in [0.15, 0.2) is 0 Å². The highest BCUT2D eigenvalue weighted by Crippen LogP contribution is 2.31. The van der Waals surface area contributed by atoms with Crippen LogP contribution in [0.5, 0.6) is 5.75 Å². The van der Waals surface area contributed by atoms with Crippen LogP contribution in [-0.4, -0.2) is 37.7 Å². The number of nitrogens with zero attached hydrogens (tertiary/aromatic N) is 2. The van der Waals surface area contributed by atoms with Crippen molar-refractivity contribution >= 4 is 27.5 Å². The van der Waals surface area contributed by atoms with Crippen LogP contribution < -0.4 is 9.64 Å². The first-order valence-electron chi connectivity index (χ1n) is 10.4. The van der Waals surface area contributed by atoms with E-state index < -0.39 is 27.9 Å². The molecule has 0 radical (unpaired) electrons. The normalized spacial score (nSPS) is 16.5. The molecule has 1 aliphatic rings. The van der Waals surface area contributed by atoms with Crippen LogP contribution in [0.3, 0.4) is 0 Å². The molecule has 3 aromatic rings. The molecule has 8 heteroatoms. The SMILES string of the molecule is COc1ccc(S(=O)(=O)N(Cc2ccc(C)cc2)C2CC(=O)N(c3ccccc3)C2=O)cc1. The number of methoxy groups -OCH3 is 1. The highest BCUT2D eigenvalue weighted by atomic mass is 32.2. The van der Waals surface area contributed by atoms with E-state index in [9.17, 15) is 18.0 Å². The van der Waals surface area contributed by atoms with Crippen molar-refractivity contribution in [3.05, 3.63) is 90.0 Å². The van der Waals surface area contributed by atoms with Gasteiger partial charge in [-0.15, -0.1) is 0 Å². The van der Waals surface area contributed by atoms with Crippen LogP contribution in [0, 0.1) is 6.92 Å². The van der Waals surface area contributed by atoms with E-state index in [1.165, 1.54) is 19.2 Å². The molecule has 0 saturated carbocycles. The van der Waals surface area contributed by atoms with E-state index in [1.54, 1.807) is 42.5 Å². The molecule has 0 aliphatic carbocycles. The Morgan fingerprint density at radius 3 is 2.18 bits per heavy atom. The van der Waals surface area contributed by atoms with Crippen LogP contribution >= 0.6 is 0 Å². The van der Waals surface area contributed by atoms with E-state index in [4.69, 9.17) is 4.74 Å². The molecule has 0 bridgehead atoms. The molecule has 1 saturated heterocycles. The molecule has 3 aromatic carbocycles. The summed E-state index contributed by atoms with van der Waals surface area (Å²) in [5, 5.41) is 0. The van der Waals surface area contributed by atoms with Gasteiger partial charge in [-0.05, 0) is 48.9 Å². The predicted octanol–water partition coefficient (Wildman–Crippen LogP) is 3.53. The maximum Gasteiger partial charge on any atom is 0.252 e. The minimum atomic E-state index is -4.10. The smallest absolute Gasteiger partial charge is 0.252 e. The molecule has 1 unspecified atom stereocenters. The maximum atomic E-state index is 13.7. The number of imide groups is 1. The number of hydrogen-bond acceptors (Lipinski definition) is 5. The van der Waals surface area contributed by atoms with Crippen molar-refractivity contribution in [2.45, 2.75) is 30.8 Å². The van der Waals surface area contributed by atoms with Gasteiger partial charge in [-0.1, -0.05) is 48.0 Å². The summed E-state index contributed by atoms with van der Waals surface area (Å²) < 4.78 is 33.6. The average Bonchev–Trinajstić information content (AvgIpc) is 3.12. The third kappa shape index (κ3) is 4.53. The zero-order chi connectivity index (χ0) is 23.6. The maximum absolute atomic E-state index is 13.7. The number of aryl methyl sites for hydroxylation is 1. The number of rotatable bonds is 7. The van der Waals surface area contributed by atoms with E-state index in [-0.39, 0.29) is 17.9 Å². The number of amides is 2. The van der Waals surface area contributed by atoms with E-state index in [1.807, 2.05) is 31.2 Å². The molecule has 7 nitrogen and oxygen atoms in total. The molecule has 4 rings (SSSR count). The van der Waals surface area contributed by atoms with Crippen molar-refractivity contribution in [1.82, 2.24) is 4.31 Å². The van der Waals surface area contributed by atoms with Crippen LogP contribution in [0.25, 0.3) is 0 Å². The monoisotopic (exact) mass is 464 g/mol. The molecular weight excluding hydrogens is 440 g/mol.